The molecule has 4 rings (SSSR count). The molecule has 2 amide bonds. The number of likely N-dealkylation sites (tertiary alicyclic amines) is 1. The molecule has 2 N–H and O–H groups in total. The Labute approximate surface area is 173 Å². The van der Waals surface area contributed by atoms with Crippen molar-refractivity contribution in [3.63, 3.8) is 0 Å². The van der Waals surface area contributed by atoms with Crippen molar-refractivity contribution in [2.24, 2.45) is 16.6 Å². The third-order valence-electron chi connectivity index (χ3n) is 7.20. The molecule has 1 saturated carbocycles. The van der Waals surface area contributed by atoms with E-state index in [4.69, 9.17) is 10.7 Å². The van der Waals surface area contributed by atoms with Gasteiger partial charge in [0.25, 0.3) is 5.91 Å². The van der Waals surface area contributed by atoms with Crippen molar-refractivity contribution in [3.05, 3.63) is 35.4 Å². The van der Waals surface area contributed by atoms with Gasteiger partial charge in [-0.25, -0.2) is 4.99 Å². The summed E-state index contributed by atoms with van der Waals surface area (Å²) in [5.41, 5.74) is 7.45. The lowest BCUT2D eigenvalue weighted by Gasteiger charge is -2.40. The lowest BCUT2D eigenvalue weighted by atomic mass is 9.72. The SMILES string of the molecule is CC(=O)N1CCC(C2(c3cccc(C4CCCCC4)c3)N=C(N)N(C)C2=O)CC1. The summed E-state index contributed by atoms with van der Waals surface area (Å²) in [6, 6.07) is 8.52. The fourth-order valence-corrected chi connectivity index (χ4v) is 5.43. The van der Waals surface area contributed by atoms with Gasteiger partial charge in [-0.1, -0.05) is 43.5 Å². The van der Waals surface area contributed by atoms with Gasteiger partial charge < -0.3 is 10.6 Å². The fourth-order valence-electron chi connectivity index (χ4n) is 5.43. The van der Waals surface area contributed by atoms with Crippen LogP contribution in [0.2, 0.25) is 0 Å². The van der Waals surface area contributed by atoms with Crippen LogP contribution >= 0.6 is 0 Å². The molecule has 0 aromatic heterocycles. The molecule has 29 heavy (non-hydrogen) atoms. The van der Waals surface area contributed by atoms with Crippen LogP contribution in [-0.4, -0.2) is 47.7 Å². The Bertz CT molecular complexity index is 822. The number of hydrogen-bond acceptors (Lipinski definition) is 4. The Kier molecular flexibility index (Phi) is 5.36. The molecule has 0 bridgehead atoms. The molecule has 2 aliphatic heterocycles. The zero-order valence-electron chi connectivity index (χ0n) is 17.6. The van der Waals surface area contributed by atoms with Crippen molar-refractivity contribution in [2.75, 3.05) is 20.1 Å². The number of hydrogen-bond donors (Lipinski definition) is 1. The van der Waals surface area contributed by atoms with Crippen LogP contribution in [0, 0.1) is 5.92 Å². The van der Waals surface area contributed by atoms with Crippen molar-refractivity contribution >= 4 is 17.8 Å². The van der Waals surface area contributed by atoms with E-state index in [1.54, 1.807) is 14.0 Å². The summed E-state index contributed by atoms with van der Waals surface area (Å²) in [5.74, 6) is 0.936. The molecule has 1 saturated heterocycles. The Hall–Kier alpha value is -2.37. The smallest absolute Gasteiger partial charge is 0.261 e. The molecule has 1 unspecified atom stereocenters. The highest BCUT2D eigenvalue weighted by Crippen LogP contribution is 2.45. The van der Waals surface area contributed by atoms with Crippen LogP contribution in [0.5, 0.6) is 0 Å². The molecular weight excluding hydrogens is 364 g/mol. The predicted octanol–water partition coefficient (Wildman–Crippen LogP) is 2.97. The minimum Gasteiger partial charge on any atom is -0.369 e. The van der Waals surface area contributed by atoms with Crippen molar-refractivity contribution in [2.45, 2.75) is 63.3 Å². The molecule has 2 heterocycles. The normalized spacial score (nSPS) is 26.7. The maximum absolute atomic E-state index is 13.5. The second kappa shape index (κ2) is 7.81. The monoisotopic (exact) mass is 396 g/mol. The van der Waals surface area contributed by atoms with Crippen molar-refractivity contribution in [1.82, 2.24) is 9.80 Å². The molecule has 3 aliphatic rings. The highest BCUT2D eigenvalue weighted by atomic mass is 16.2. The van der Waals surface area contributed by atoms with E-state index in [-0.39, 0.29) is 23.7 Å². The van der Waals surface area contributed by atoms with Gasteiger partial charge in [0.05, 0.1) is 0 Å². The average Bonchev–Trinajstić information content (AvgIpc) is 2.99. The summed E-state index contributed by atoms with van der Waals surface area (Å²) in [5, 5.41) is 0. The van der Waals surface area contributed by atoms with E-state index >= 15 is 0 Å². The van der Waals surface area contributed by atoms with Crippen LogP contribution in [0.1, 0.15) is 68.9 Å². The van der Waals surface area contributed by atoms with E-state index in [1.165, 1.54) is 42.6 Å². The van der Waals surface area contributed by atoms with Gasteiger partial charge in [-0.05, 0) is 42.7 Å². The van der Waals surface area contributed by atoms with E-state index in [0.29, 0.717) is 19.0 Å². The zero-order chi connectivity index (χ0) is 20.6. The number of nitrogens with two attached hydrogens (primary N) is 1. The third-order valence-corrected chi connectivity index (χ3v) is 7.20. The Balaban J connectivity index is 1.71. The maximum atomic E-state index is 13.5. The summed E-state index contributed by atoms with van der Waals surface area (Å²) in [6.07, 6.45) is 7.80. The standard InChI is InChI=1S/C23H32N4O2/c1-16(28)27-13-11-19(12-14-27)23(21(29)26(2)22(24)25-23)20-10-6-9-18(15-20)17-7-4-3-5-8-17/h6,9-10,15,17,19H,3-5,7-8,11-14H2,1-2H3,(H2,24,25). The largest absolute Gasteiger partial charge is 0.369 e. The molecule has 6 nitrogen and oxygen atoms in total. The van der Waals surface area contributed by atoms with E-state index in [1.807, 2.05) is 11.0 Å². The number of carbonyl (C=O) groups excluding carboxylic acids is 2. The van der Waals surface area contributed by atoms with E-state index in [2.05, 4.69) is 18.2 Å². The van der Waals surface area contributed by atoms with E-state index in [0.717, 1.165) is 18.4 Å². The van der Waals surface area contributed by atoms with Crippen LogP contribution < -0.4 is 5.73 Å². The molecule has 6 heteroatoms. The lowest BCUT2D eigenvalue weighted by molar-refractivity contribution is -0.134. The molecule has 1 aliphatic carbocycles. The quantitative estimate of drug-likeness (QED) is 0.853. The Morgan fingerprint density at radius 2 is 1.83 bits per heavy atom. The number of piperidine rings is 1. The second-order valence-corrected chi connectivity index (χ2v) is 8.84. The van der Waals surface area contributed by atoms with Gasteiger partial charge in [-0.2, -0.15) is 0 Å². The Morgan fingerprint density at radius 3 is 2.41 bits per heavy atom. The number of nitrogens with zero attached hydrogens (tertiary/aromatic N) is 3. The number of carbonyl (C=O) groups is 2. The minimum atomic E-state index is -0.966. The minimum absolute atomic E-state index is 0.0377. The molecule has 156 valence electrons. The maximum Gasteiger partial charge on any atom is 0.261 e. The summed E-state index contributed by atoms with van der Waals surface area (Å²) in [4.78, 5) is 33.4. The van der Waals surface area contributed by atoms with Gasteiger partial charge in [0.2, 0.25) is 5.91 Å². The first kappa shape index (κ1) is 19.9. The van der Waals surface area contributed by atoms with E-state index < -0.39 is 5.54 Å². The van der Waals surface area contributed by atoms with Crippen molar-refractivity contribution < 1.29 is 9.59 Å². The summed E-state index contributed by atoms with van der Waals surface area (Å²) in [6.45, 7) is 2.93. The first-order valence-electron chi connectivity index (χ1n) is 10.9. The molecule has 1 aromatic rings. The number of amides is 2. The number of likely N-dealkylation sites (N-methyl/N-ethyl adjacent to an activating group) is 1. The first-order chi connectivity index (χ1) is 13.9. The topological polar surface area (TPSA) is 79.0 Å². The average molecular weight is 397 g/mol. The zero-order valence-corrected chi connectivity index (χ0v) is 17.6. The fraction of sp³-hybridized carbons (Fsp3) is 0.609. The summed E-state index contributed by atoms with van der Waals surface area (Å²) < 4.78 is 0. The molecule has 1 aromatic carbocycles. The van der Waals surface area contributed by atoms with Crippen LogP contribution in [0.3, 0.4) is 0 Å². The van der Waals surface area contributed by atoms with Gasteiger partial charge in [-0.15, -0.1) is 0 Å². The van der Waals surface area contributed by atoms with Crippen LogP contribution in [0.25, 0.3) is 0 Å². The first-order valence-corrected chi connectivity index (χ1v) is 10.9. The molecule has 0 spiro atoms. The highest BCUT2D eigenvalue weighted by Gasteiger charge is 2.54. The molecule has 2 fully saturated rings. The number of guanidine groups is 1. The van der Waals surface area contributed by atoms with E-state index in [9.17, 15) is 9.59 Å². The number of benzene rings is 1. The van der Waals surface area contributed by atoms with Gasteiger partial charge in [0.15, 0.2) is 11.5 Å². The lowest BCUT2D eigenvalue weighted by Crippen LogP contribution is -2.49. The Morgan fingerprint density at radius 1 is 1.14 bits per heavy atom. The number of rotatable bonds is 3. The number of aliphatic imine (C=N–C) groups is 1. The predicted molar refractivity (Wildman–Crippen MR) is 113 cm³/mol. The summed E-state index contributed by atoms with van der Waals surface area (Å²) >= 11 is 0. The van der Waals surface area contributed by atoms with Gasteiger partial charge in [0, 0.05) is 33.0 Å². The van der Waals surface area contributed by atoms with Crippen molar-refractivity contribution in [1.29, 1.82) is 0 Å². The van der Waals surface area contributed by atoms with Gasteiger partial charge in [0.1, 0.15) is 0 Å². The molecular formula is C23H32N4O2. The highest BCUT2D eigenvalue weighted by molar-refractivity contribution is 6.07. The summed E-state index contributed by atoms with van der Waals surface area (Å²) in [7, 11) is 1.71. The molecule has 0 radical (unpaired) electrons. The third kappa shape index (κ3) is 3.43. The molecule has 1 atom stereocenters. The van der Waals surface area contributed by atoms with Gasteiger partial charge in [-0.3, -0.25) is 14.5 Å². The van der Waals surface area contributed by atoms with Crippen LogP contribution in [0.15, 0.2) is 29.3 Å². The van der Waals surface area contributed by atoms with Gasteiger partial charge >= 0.3 is 0 Å². The van der Waals surface area contributed by atoms with Crippen LogP contribution in [0.4, 0.5) is 0 Å². The van der Waals surface area contributed by atoms with Crippen LogP contribution in [-0.2, 0) is 15.1 Å². The second-order valence-electron chi connectivity index (χ2n) is 8.84. The van der Waals surface area contributed by atoms with Crippen molar-refractivity contribution in [3.8, 4) is 0 Å².